The van der Waals surface area contributed by atoms with Crippen LogP contribution in [0.5, 0.6) is 0 Å². The predicted octanol–water partition coefficient (Wildman–Crippen LogP) is 4.97. The van der Waals surface area contributed by atoms with Crippen LogP contribution in [0.25, 0.3) is 5.70 Å². The van der Waals surface area contributed by atoms with Crippen molar-refractivity contribution in [2.75, 3.05) is 4.72 Å². The summed E-state index contributed by atoms with van der Waals surface area (Å²) in [5, 5.41) is 11.7. The molecule has 0 saturated carbocycles. The molecule has 0 aliphatic carbocycles. The molecule has 2 aromatic heterocycles. The summed E-state index contributed by atoms with van der Waals surface area (Å²) in [6.45, 7) is 7.39. The Morgan fingerprint density at radius 1 is 1.06 bits per heavy atom. The van der Waals surface area contributed by atoms with E-state index in [0.717, 1.165) is 0 Å². The Kier molecular flexibility index (Phi) is 6.63. The van der Waals surface area contributed by atoms with E-state index >= 15 is 0 Å². The second-order valence-electron chi connectivity index (χ2n) is 7.50. The summed E-state index contributed by atoms with van der Waals surface area (Å²) in [6, 6.07) is 14.3. The first-order valence-electron chi connectivity index (χ1n) is 10.3. The van der Waals surface area contributed by atoms with Crippen molar-refractivity contribution in [1.29, 1.82) is 0 Å². The average Bonchev–Trinajstić information content (AvgIpc) is 3.11. The number of aromatic nitrogens is 4. The number of anilines is 1. The molecule has 0 spiro atoms. The Balaban J connectivity index is 1.53. The maximum Gasteiger partial charge on any atom is 0.299 e. The third-order valence-corrected chi connectivity index (χ3v) is 6.52. The van der Waals surface area contributed by atoms with Crippen LogP contribution in [0.15, 0.2) is 87.3 Å². The molecular weight excluding hydrogens is 490 g/mol. The van der Waals surface area contributed by atoms with Crippen LogP contribution in [0.2, 0.25) is 5.02 Å². The van der Waals surface area contributed by atoms with Crippen molar-refractivity contribution in [3.63, 3.8) is 0 Å². The van der Waals surface area contributed by atoms with E-state index in [2.05, 4.69) is 36.6 Å². The summed E-state index contributed by atoms with van der Waals surface area (Å²) in [5.74, 6) is -0.0202. The van der Waals surface area contributed by atoms with Gasteiger partial charge in [-0.3, -0.25) is 9.89 Å². The monoisotopic (exact) mass is 509 g/mol. The number of halogens is 1. The van der Waals surface area contributed by atoms with Crippen molar-refractivity contribution in [1.82, 2.24) is 19.7 Å². The van der Waals surface area contributed by atoms with Gasteiger partial charge in [-0.25, -0.2) is 27.8 Å². The Morgan fingerprint density at radius 2 is 1.74 bits per heavy atom. The van der Waals surface area contributed by atoms with Gasteiger partial charge in [0, 0.05) is 16.9 Å². The van der Waals surface area contributed by atoms with Crippen molar-refractivity contribution in [3.8, 4) is 0 Å². The molecule has 4 rings (SSSR count). The molecule has 0 atom stereocenters. The highest BCUT2D eigenvalue weighted by Gasteiger charge is 2.16. The van der Waals surface area contributed by atoms with Gasteiger partial charge in [-0.05, 0) is 61.9 Å². The molecule has 35 heavy (non-hydrogen) atoms. The Bertz CT molecular complexity index is 1590. The number of nitrogens with one attached hydrogen (secondary N) is 2. The lowest BCUT2D eigenvalue weighted by Gasteiger charge is -2.06. The topological polar surface area (TPSA) is 134 Å². The largest absolute Gasteiger partial charge is 0.299 e. The fourth-order valence-corrected chi connectivity index (χ4v) is 4.17. The van der Waals surface area contributed by atoms with E-state index in [-0.39, 0.29) is 16.5 Å². The van der Waals surface area contributed by atoms with Gasteiger partial charge in [0.15, 0.2) is 5.69 Å². The lowest BCUT2D eigenvalue weighted by molar-refractivity contribution is 0.601. The normalized spacial score (nSPS) is 11.6. The Morgan fingerprint density at radius 3 is 2.40 bits per heavy atom. The van der Waals surface area contributed by atoms with Crippen LogP contribution in [-0.4, -0.2) is 28.2 Å². The molecule has 0 saturated heterocycles. The summed E-state index contributed by atoms with van der Waals surface area (Å²) in [7, 11) is -3.89. The van der Waals surface area contributed by atoms with Crippen molar-refractivity contribution in [2.24, 2.45) is 10.2 Å². The maximum atomic E-state index is 12.9. The zero-order valence-electron chi connectivity index (χ0n) is 18.7. The fourth-order valence-electron chi connectivity index (χ4n) is 3.09. The third-order valence-electron chi connectivity index (χ3n) is 4.92. The first-order valence-corrected chi connectivity index (χ1v) is 12.1. The molecule has 2 aromatic carbocycles. The molecule has 178 valence electrons. The molecule has 0 fully saturated rings. The minimum atomic E-state index is -3.89. The summed E-state index contributed by atoms with van der Waals surface area (Å²) >= 11 is 5.92. The smallest absolute Gasteiger partial charge is 0.293 e. The first kappa shape index (κ1) is 24.0. The molecule has 12 heteroatoms. The number of benzene rings is 2. The van der Waals surface area contributed by atoms with Gasteiger partial charge in [0.1, 0.15) is 0 Å². The number of sulfonamides is 1. The van der Waals surface area contributed by atoms with Gasteiger partial charge < -0.3 is 0 Å². The van der Waals surface area contributed by atoms with E-state index in [4.69, 9.17) is 11.6 Å². The van der Waals surface area contributed by atoms with Gasteiger partial charge in [-0.2, -0.15) is 5.11 Å². The van der Waals surface area contributed by atoms with E-state index < -0.39 is 15.6 Å². The van der Waals surface area contributed by atoms with E-state index in [9.17, 15) is 13.2 Å². The second kappa shape index (κ2) is 9.65. The number of aromatic amines is 1. The lowest BCUT2D eigenvalue weighted by Crippen LogP contribution is -2.15. The Hall–Kier alpha value is -4.09. The van der Waals surface area contributed by atoms with Crippen LogP contribution in [0, 0.1) is 13.8 Å². The van der Waals surface area contributed by atoms with E-state index in [0.29, 0.717) is 33.4 Å². The van der Waals surface area contributed by atoms with E-state index in [1.807, 2.05) is 0 Å². The van der Waals surface area contributed by atoms with Gasteiger partial charge >= 0.3 is 0 Å². The van der Waals surface area contributed by atoms with Crippen LogP contribution >= 0.6 is 11.6 Å². The summed E-state index contributed by atoms with van der Waals surface area (Å²) in [6.07, 6.45) is 1.46. The van der Waals surface area contributed by atoms with Crippen LogP contribution in [0.4, 0.5) is 17.3 Å². The number of H-pyrrole nitrogens is 1. The van der Waals surface area contributed by atoms with Gasteiger partial charge in [0.2, 0.25) is 5.95 Å². The van der Waals surface area contributed by atoms with Crippen molar-refractivity contribution in [2.45, 2.75) is 18.7 Å². The van der Waals surface area contributed by atoms with Gasteiger partial charge in [-0.1, -0.05) is 30.3 Å². The Labute approximate surface area is 206 Å². The molecule has 0 aliphatic rings. The highest BCUT2D eigenvalue weighted by Crippen LogP contribution is 2.23. The average molecular weight is 510 g/mol. The summed E-state index contributed by atoms with van der Waals surface area (Å²) < 4.78 is 28.8. The van der Waals surface area contributed by atoms with Gasteiger partial charge in [0.05, 0.1) is 22.0 Å². The zero-order chi connectivity index (χ0) is 25.2. The van der Waals surface area contributed by atoms with Crippen molar-refractivity contribution in [3.05, 3.63) is 99.7 Å². The molecule has 0 unspecified atom stereocenters. The standard InChI is InChI=1S/C23H20ClN7O3S/c1-14-12-13-25-23(26-14)30-35(33,34)20-10-8-19(9-11-20)27-28-21-15(2)29-31(22(21)32)16(3)17-4-6-18(24)7-5-17/h4-13,29H,3H2,1-2H3,(H,25,26,30). The highest BCUT2D eigenvalue weighted by atomic mass is 35.5. The molecule has 0 radical (unpaired) electrons. The molecule has 0 aliphatic heterocycles. The number of hydrogen-bond acceptors (Lipinski definition) is 7. The van der Waals surface area contributed by atoms with Gasteiger partial charge in [0.25, 0.3) is 15.6 Å². The number of aryl methyl sites for hydroxylation is 2. The zero-order valence-corrected chi connectivity index (χ0v) is 20.3. The first-order chi connectivity index (χ1) is 16.6. The molecule has 0 bridgehead atoms. The number of nitrogens with zero attached hydrogens (tertiary/aromatic N) is 5. The molecule has 2 N–H and O–H groups in total. The number of rotatable bonds is 7. The van der Waals surface area contributed by atoms with Crippen LogP contribution < -0.4 is 10.3 Å². The molecule has 2 heterocycles. The molecule has 0 amide bonds. The predicted molar refractivity (Wildman–Crippen MR) is 134 cm³/mol. The van der Waals surface area contributed by atoms with Crippen LogP contribution in [0.1, 0.15) is 17.0 Å². The second-order valence-corrected chi connectivity index (χ2v) is 9.62. The summed E-state index contributed by atoms with van der Waals surface area (Å²) in [5.41, 5.74) is 2.31. The van der Waals surface area contributed by atoms with E-state index in [1.165, 1.54) is 35.1 Å². The van der Waals surface area contributed by atoms with E-state index in [1.54, 1.807) is 44.2 Å². The molecule has 4 aromatic rings. The highest BCUT2D eigenvalue weighted by molar-refractivity contribution is 7.92. The molecular formula is C23H20ClN7O3S. The fraction of sp³-hybridized carbons (Fsp3) is 0.0870. The minimum Gasteiger partial charge on any atom is -0.293 e. The van der Waals surface area contributed by atoms with Crippen LogP contribution in [-0.2, 0) is 10.0 Å². The van der Waals surface area contributed by atoms with Crippen LogP contribution in [0.3, 0.4) is 0 Å². The number of hydrogen-bond donors (Lipinski definition) is 2. The number of azo groups is 1. The van der Waals surface area contributed by atoms with Crippen molar-refractivity contribution < 1.29 is 8.42 Å². The minimum absolute atomic E-state index is 0.000926. The lowest BCUT2D eigenvalue weighted by atomic mass is 10.2. The molecule has 10 nitrogen and oxygen atoms in total. The maximum absolute atomic E-state index is 12.9. The SMILES string of the molecule is C=C(c1ccc(Cl)cc1)n1[nH]c(C)c(N=Nc2ccc(S(=O)(=O)Nc3nccc(C)n3)cc2)c1=O. The quantitative estimate of drug-likeness (QED) is 0.339. The van der Waals surface area contributed by atoms with Gasteiger partial charge in [-0.15, -0.1) is 5.11 Å². The van der Waals surface area contributed by atoms with Crippen molar-refractivity contribution >= 4 is 44.6 Å². The summed E-state index contributed by atoms with van der Waals surface area (Å²) in [4.78, 5) is 20.8. The third kappa shape index (κ3) is 5.36.